The lowest BCUT2D eigenvalue weighted by Crippen LogP contribution is -2.47. The summed E-state index contributed by atoms with van der Waals surface area (Å²) in [6.07, 6.45) is 0. The molecule has 1 aromatic heterocycles. The number of nitrogens with one attached hydrogen (secondary N) is 2. The maximum atomic E-state index is 12.9. The fourth-order valence-electron chi connectivity index (χ4n) is 3.21. The normalized spacial score (nSPS) is 10.8. The Bertz CT molecular complexity index is 917. The third-order valence-corrected chi connectivity index (χ3v) is 6.20. The zero-order valence-electron chi connectivity index (χ0n) is 19.8. The van der Waals surface area contributed by atoms with Gasteiger partial charge in [0.25, 0.3) is 0 Å². The number of carbonyl (C=O) groups is 3. The molecule has 0 atom stereocenters. The number of thiophene rings is 1. The lowest BCUT2D eigenvalue weighted by molar-refractivity contribution is -0.137. The first kappa shape index (κ1) is 26.5. The van der Waals surface area contributed by atoms with E-state index in [0.29, 0.717) is 26.2 Å². The summed E-state index contributed by atoms with van der Waals surface area (Å²) >= 11 is 1.57. The molecule has 0 fully saturated rings. The van der Waals surface area contributed by atoms with Gasteiger partial charge in [0.2, 0.25) is 17.7 Å². The minimum absolute atomic E-state index is 0.0203. The third kappa shape index (κ3) is 8.95. The molecule has 0 aliphatic heterocycles. The van der Waals surface area contributed by atoms with Gasteiger partial charge in [-0.1, -0.05) is 18.2 Å². The summed E-state index contributed by atoms with van der Waals surface area (Å²) in [5, 5.41) is 7.72. The minimum Gasteiger partial charge on any atom is -0.383 e. The van der Waals surface area contributed by atoms with Gasteiger partial charge in [-0.25, -0.2) is 0 Å². The van der Waals surface area contributed by atoms with Gasteiger partial charge in [-0.3, -0.25) is 19.3 Å². The molecule has 33 heavy (non-hydrogen) atoms. The third-order valence-electron chi connectivity index (χ3n) is 5.33. The zero-order chi connectivity index (χ0) is 24.2. The van der Waals surface area contributed by atoms with Crippen molar-refractivity contribution in [2.24, 2.45) is 0 Å². The molecule has 0 bridgehead atoms. The van der Waals surface area contributed by atoms with E-state index in [4.69, 9.17) is 4.74 Å². The first-order valence-electron chi connectivity index (χ1n) is 11.0. The van der Waals surface area contributed by atoms with Crippen molar-refractivity contribution >= 4 is 34.7 Å². The van der Waals surface area contributed by atoms with E-state index in [-0.39, 0.29) is 37.4 Å². The van der Waals surface area contributed by atoms with E-state index < -0.39 is 0 Å². The van der Waals surface area contributed by atoms with Crippen molar-refractivity contribution < 1.29 is 19.1 Å². The van der Waals surface area contributed by atoms with Crippen molar-refractivity contribution in [3.63, 3.8) is 0 Å². The van der Waals surface area contributed by atoms with Crippen LogP contribution in [0.25, 0.3) is 0 Å². The smallest absolute Gasteiger partial charge is 0.239 e. The van der Waals surface area contributed by atoms with Gasteiger partial charge in [0, 0.05) is 30.8 Å². The van der Waals surface area contributed by atoms with Gasteiger partial charge in [0.15, 0.2) is 0 Å². The summed E-state index contributed by atoms with van der Waals surface area (Å²) in [7, 11) is 1.58. The predicted molar refractivity (Wildman–Crippen MR) is 131 cm³/mol. The number of nitrogens with zero attached hydrogens (tertiary/aromatic N) is 2. The van der Waals surface area contributed by atoms with Crippen LogP contribution in [0.2, 0.25) is 0 Å². The predicted octanol–water partition coefficient (Wildman–Crippen LogP) is 2.42. The van der Waals surface area contributed by atoms with Gasteiger partial charge in [0.05, 0.1) is 32.8 Å². The molecule has 180 valence electrons. The fourth-order valence-corrected chi connectivity index (χ4v) is 3.85. The van der Waals surface area contributed by atoms with E-state index in [2.05, 4.69) is 10.6 Å². The van der Waals surface area contributed by atoms with E-state index in [9.17, 15) is 14.4 Å². The quantitative estimate of drug-likeness (QED) is 0.465. The van der Waals surface area contributed by atoms with Gasteiger partial charge in [0.1, 0.15) is 0 Å². The molecule has 0 aliphatic carbocycles. The monoisotopic (exact) mass is 474 g/mol. The van der Waals surface area contributed by atoms with E-state index in [0.717, 1.165) is 21.7 Å². The average molecular weight is 475 g/mol. The van der Waals surface area contributed by atoms with Crippen LogP contribution in [0.3, 0.4) is 0 Å². The molecule has 1 aromatic carbocycles. The Balaban J connectivity index is 1.92. The summed E-state index contributed by atoms with van der Waals surface area (Å²) < 4.78 is 5.15. The summed E-state index contributed by atoms with van der Waals surface area (Å²) in [6, 6.07) is 9.62. The maximum absolute atomic E-state index is 12.9. The SMILES string of the molecule is CCN(CC(=O)NCc1cccs1)C(=O)CN(CCOC)CC(=O)Nc1cccc(C)c1C. The Morgan fingerprint density at radius 3 is 2.48 bits per heavy atom. The number of benzene rings is 1. The molecule has 0 unspecified atom stereocenters. The number of ether oxygens (including phenoxy) is 1. The molecule has 0 spiro atoms. The number of hydrogen-bond donors (Lipinski definition) is 2. The molecule has 9 heteroatoms. The molecule has 0 aliphatic rings. The van der Waals surface area contributed by atoms with Crippen molar-refractivity contribution in [2.45, 2.75) is 27.3 Å². The fraction of sp³-hybridized carbons (Fsp3) is 0.458. The number of carbonyl (C=O) groups excluding carboxylic acids is 3. The minimum atomic E-state index is -0.213. The van der Waals surface area contributed by atoms with E-state index in [1.54, 1.807) is 23.3 Å². The molecule has 3 amide bonds. The molecule has 2 N–H and O–H groups in total. The second kappa shape index (κ2) is 13.7. The Morgan fingerprint density at radius 1 is 1.03 bits per heavy atom. The van der Waals surface area contributed by atoms with Crippen LogP contribution in [0.1, 0.15) is 22.9 Å². The highest BCUT2D eigenvalue weighted by Crippen LogP contribution is 2.17. The lowest BCUT2D eigenvalue weighted by atomic mass is 10.1. The Morgan fingerprint density at radius 2 is 1.82 bits per heavy atom. The molecular formula is C24H34N4O4S. The molecule has 0 saturated heterocycles. The van der Waals surface area contributed by atoms with E-state index >= 15 is 0 Å². The Kier molecular flexibility index (Phi) is 11.0. The summed E-state index contributed by atoms with van der Waals surface area (Å²) in [4.78, 5) is 42.1. The van der Waals surface area contributed by atoms with Crippen molar-refractivity contribution in [3.8, 4) is 0 Å². The van der Waals surface area contributed by atoms with Crippen LogP contribution in [0.4, 0.5) is 5.69 Å². The van der Waals surface area contributed by atoms with Gasteiger partial charge in [-0.15, -0.1) is 11.3 Å². The molecule has 8 nitrogen and oxygen atoms in total. The zero-order valence-corrected chi connectivity index (χ0v) is 20.7. The summed E-state index contributed by atoms with van der Waals surface area (Å²) in [5.41, 5.74) is 2.86. The maximum Gasteiger partial charge on any atom is 0.239 e. The molecule has 2 rings (SSSR count). The van der Waals surface area contributed by atoms with Crippen LogP contribution < -0.4 is 10.6 Å². The molecular weight excluding hydrogens is 440 g/mol. The highest BCUT2D eigenvalue weighted by atomic mass is 32.1. The topological polar surface area (TPSA) is 91.0 Å². The standard InChI is InChI=1S/C24H34N4O4S/c1-5-28(16-22(29)25-14-20-9-7-13-33-20)24(31)17-27(11-12-32-4)15-23(30)26-21-10-6-8-18(2)19(21)3/h6-10,13H,5,11-12,14-17H2,1-4H3,(H,25,29)(H,26,30). The molecule has 2 aromatic rings. The number of amides is 3. The summed E-state index contributed by atoms with van der Waals surface area (Å²) in [5.74, 6) is -0.626. The van der Waals surface area contributed by atoms with Crippen LogP contribution in [-0.4, -0.2) is 74.0 Å². The van der Waals surface area contributed by atoms with Crippen LogP contribution >= 0.6 is 11.3 Å². The highest BCUT2D eigenvalue weighted by Gasteiger charge is 2.21. The Hall–Kier alpha value is -2.75. The van der Waals surface area contributed by atoms with Crippen molar-refractivity contribution in [1.29, 1.82) is 0 Å². The second-order valence-electron chi connectivity index (χ2n) is 7.76. The van der Waals surface area contributed by atoms with Crippen LogP contribution in [-0.2, 0) is 25.7 Å². The largest absolute Gasteiger partial charge is 0.383 e. The van der Waals surface area contributed by atoms with E-state index in [1.165, 1.54) is 4.90 Å². The van der Waals surface area contributed by atoms with Gasteiger partial charge < -0.3 is 20.3 Å². The molecule has 0 radical (unpaired) electrons. The number of hydrogen-bond acceptors (Lipinski definition) is 6. The number of likely N-dealkylation sites (N-methyl/N-ethyl adjacent to an activating group) is 1. The molecule has 0 saturated carbocycles. The second-order valence-corrected chi connectivity index (χ2v) is 8.80. The van der Waals surface area contributed by atoms with Gasteiger partial charge in [-0.05, 0) is 49.4 Å². The van der Waals surface area contributed by atoms with Crippen molar-refractivity contribution in [1.82, 2.24) is 15.1 Å². The van der Waals surface area contributed by atoms with Crippen LogP contribution in [0.5, 0.6) is 0 Å². The van der Waals surface area contributed by atoms with Gasteiger partial charge in [-0.2, -0.15) is 0 Å². The van der Waals surface area contributed by atoms with Crippen LogP contribution in [0.15, 0.2) is 35.7 Å². The lowest BCUT2D eigenvalue weighted by Gasteiger charge is -2.26. The summed E-state index contributed by atoms with van der Waals surface area (Å²) in [6.45, 7) is 7.48. The van der Waals surface area contributed by atoms with E-state index in [1.807, 2.05) is 56.5 Å². The number of aryl methyl sites for hydroxylation is 1. The number of rotatable bonds is 13. The Labute approximate surface area is 199 Å². The number of anilines is 1. The first-order valence-corrected chi connectivity index (χ1v) is 11.9. The highest BCUT2D eigenvalue weighted by molar-refractivity contribution is 7.09. The average Bonchev–Trinajstić information content (AvgIpc) is 3.31. The first-order chi connectivity index (χ1) is 15.8. The van der Waals surface area contributed by atoms with Crippen LogP contribution in [0, 0.1) is 13.8 Å². The van der Waals surface area contributed by atoms with Crippen molar-refractivity contribution in [3.05, 3.63) is 51.7 Å². The van der Waals surface area contributed by atoms with Crippen molar-refractivity contribution in [2.75, 3.05) is 51.8 Å². The van der Waals surface area contributed by atoms with Gasteiger partial charge >= 0.3 is 0 Å². The molecule has 1 heterocycles. The number of methoxy groups -OCH3 is 1.